The Morgan fingerprint density at radius 1 is 1.44 bits per heavy atom. The second kappa shape index (κ2) is 1.26. The Bertz CT molecular complexity index is 248. The first kappa shape index (κ1) is 4.79. The van der Waals surface area contributed by atoms with E-state index in [1.54, 1.807) is 6.08 Å². The zero-order chi connectivity index (χ0) is 6.43. The molecule has 2 N–H and O–H groups in total. The molecule has 0 heterocycles. The third-order valence-corrected chi connectivity index (χ3v) is 1.62. The number of nitrogens with two attached hydrogens (primary N) is 1. The summed E-state index contributed by atoms with van der Waals surface area (Å²) in [5.74, 6) is -0.144. The molecular formula is C7H6FN. The Morgan fingerprint density at radius 3 is 2.89 bits per heavy atom. The van der Waals surface area contributed by atoms with E-state index in [9.17, 15) is 4.39 Å². The van der Waals surface area contributed by atoms with Crippen LogP contribution in [0.5, 0.6) is 0 Å². The van der Waals surface area contributed by atoms with E-state index in [4.69, 9.17) is 5.73 Å². The van der Waals surface area contributed by atoms with Crippen molar-refractivity contribution < 1.29 is 4.39 Å². The fourth-order valence-corrected chi connectivity index (χ4v) is 1.00. The van der Waals surface area contributed by atoms with E-state index >= 15 is 0 Å². The van der Waals surface area contributed by atoms with Crippen LogP contribution < -0.4 is 5.73 Å². The molecule has 0 aromatic carbocycles. The van der Waals surface area contributed by atoms with Crippen LogP contribution in [0.25, 0.3) is 0 Å². The van der Waals surface area contributed by atoms with E-state index in [-0.39, 0.29) is 11.7 Å². The average molecular weight is 123 g/mol. The monoisotopic (exact) mass is 123 g/mol. The molecule has 0 amide bonds. The van der Waals surface area contributed by atoms with Gasteiger partial charge in [-0.15, -0.1) is 0 Å². The van der Waals surface area contributed by atoms with Gasteiger partial charge in [0.15, 0.2) is 0 Å². The van der Waals surface area contributed by atoms with Crippen molar-refractivity contribution in [1.29, 1.82) is 0 Å². The average Bonchev–Trinajstić information content (AvgIpc) is 2.57. The molecule has 0 spiro atoms. The van der Waals surface area contributed by atoms with Crippen LogP contribution in [-0.4, -0.2) is 0 Å². The Labute approximate surface area is 52.4 Å². The lowest BCUT2D eigenvalue weighted by atomic mass is 10.1. The van der Waals surface area contributed by atoms with Crippen LogP contribution in [0.1, 0.15) is 0 Å². The van der Waals surface area contributed by atoms with Crippen LogP contribution >= 0.6 is 0 Å². The number of allylic oxidation sites excluding steroid dienone is 5. The quantitative estimate of drug-likeness (QED) is 0.515. The van der Waals surface area contributed by atoms with E-state index in [1.165, 1.54) is 6.08 Å². The van der Waals surface area contributed by atoms with Crippen molar-refractivity contribution in [2.45, 2.75) is 0 Å². The summed E-state index contributed by atoms with van der Waals surface area (Å²) in [7, 11) is 0. The molecule has 0 aromatic heterocycles. The molecule has 2 aliphatic rings. The van der Waals surface area contributed by atoms with Crippen LogP contribution in [0.4, 0.5) is 4.39 Å². The van der Waals surface area contributed by atoms with Gasteiger partial charge in [-0.1, -0.05) is 6.08 Å². The van der Waals surface area contributed by atoms with Crippen LogP contribution in [0.2, 0.25) is 0 Å². The van der Waals surface area contributed by atoms with Gasteiger partial charge in [-0.3, -0.25) is 0 Å². The highest BCUT2D eigenvalue weighted by molar-refractivity contribution is 5.54. The third-order valence-electron chi connectivity index (χ3n) is 1.62. The fourth-order valence-electron chi connectivity index (χ4n) is 1.00. The summed E-state index contributed by atoms with van der Waals surface area (Å²) in [6.07, 6.45) is 4.85. The molecule has 9 heavy (non-hydrogen) atoms. The minimum Gasteiger partial charge on any atom is -0.398 e. The Hall–Kier alpha value is -1.05. The topological polar surface area (TPSA) is 26.0 Å². The molecule has 0 saturated heterocycles. The predicted molar refractivity (Wildman–Crippen MR) is 33.0 cm³/mol. The van der Waals surface area contributed by atoms with Gasteiger partial charge in [0.1, 0.15) is 5.83 Å². The van der Waals surface area contributed by atoms with Gasteiger partial charge in [-0.25, -0.2) is 4.39 Å². The molecule has 0 fully saturated rings. The summed E-state index contributed by atoms with van der Waals surface area (Å²) in [5.41, 5.74) is 7.13. The Balaban J connectivity index is 2.40. The van der Waals surface area contributed by atoms with Gasteiger partial charge in [0.2, 0.25) is 0 Å². The third kappa shape index (κ3) is 0.529. The van der Waals surface area contributed by atoms with Crippen LogP contribution in [0.3, 0.4) is 0 Å². The first-order chi connectivity index (χ1) is 4.29. The zero-order valence-electron chi connectivity index (χ0n) is 4.76. The van der Waals surface area contributed by atoms with E-state index in [2.05, 4.69) is 0 Å². The number of hydrogen-bond donors (Lipinski definition) is 1. The normalized spacial score (nSPS) is 29.9. The largest absolute Gasteiger partial charge is 0.398 e. The highest BCUT2D eigenvalue weighted by atomic mass is 19.1. The predicted octanol–water partition coefficient (Wildman–Crippen LogP) is 1.25. The summed E-state index contributed by atoms with van der Waals surface area (Å²) >= 11 is 0. The molecule has 2 heteroatoms. The Kier molecular flexibility index (Phi) is 0.673. The van der Waals surface area contributed by atoms with Gasteiger partial charge in [-0.2, -0.15) is 0 Å². The minimum absolute atomic E-state index is 0.0602. The van der Waals surface area contributed by atoms with Crippen molar-refractivity contribution in [3.8, 4) is 0 Å². The fraction of sp³-hybridized carbons (Fsp3) is 0.143. The molecule has 0 aliphatic heterocycles. The van der Waals surface area contributed by atoms with Gasteiger partial charge in [-0.05, 0) is 17.7 Å². The number of rotatable bonds is 0. The minimum atomic E-state index is -0.0841. The van der Waals surface area contributed by atoms with Crippen molar-refractivity contribution >= 4 is 0 Å². The second-order valence-electron chi connectivity index (χ2n) is 2.27. The van der Waals surface area contributed by atoms with E-state index < -0.39 is 0 Å². The molecular weight excluding hydrogens is 117 g/mol. The molecule has 0 radical (unpaired) electrons. The lowest BCUT2D eigenvalue weighted by Crippen LogP contribution is -2.00. The van der Waals surface area contributed by atoms with Crippen LogP contribution in [-0.2, 0) is 0 Å². The second-order valence-corrected chi connectivity index (χ2v) is 2.27. The van der Waals surface area contributed by atoms with Crippen LogP contribution in [0, 0.1) is 5.92 Å². The summed E-state index contributed by atoms with van der Waals surface area (Å²) in [4.78, 5) is 0. The SMILES string of the molecule is NC1=CC=C(F)C2C=C12. The molecule has 46 valence electrons. The smallest absolute Gasteiger partial charge is 0.111 e. The molecule has 0 aromatic rings. The highest BCUT2D eigenvalue weighted by Gasteiger charge is 2.32. The van der Waals surface area contributed by atoms with Crippen molar-refractivity contribution in [1.82, 2.24) is 0 Å². The molecule has 0 bridgehead atoms. The summed E-state index contributed by atoms with van der Waals surface area (Å²) in [6.45, 7) is 0. The lowest BCUT2D eigenvalue weighted by Gasteiger charge is -2.01. The van der Waals surface area contributed by atoms with E-state index in [1.807, 2.05) is 6.08 Å². The van der Waals surface area contributed by atoms with Gasteiger partial charge in [0, 0.05) is 5.70 Å². The maximum absolute atomic E-state index is 12.5. The number of fused-ring (bicyclic) bond motifs is 1. The maximum atomic E-state index is 12.5. The zero-order valence-corrected chi connectivity index (χ0v) is 4.76. The maximum Gasteiger partial charge on any atom is 0.111 e. The van der Waals surface area contributed by atoms with E-state index in [0.717, 1.165) is 5.57 Å². The molecule has 1 unspecified atom stereocenters. The van der Waals surface area contributed by atoms with Gasteiger partial charge in [0.05, 0.1) is 5.92 Å². The highest BCUT2D eigenvalue weighted by Crippen LogP contribution is 2.42. The number of hydrogen-bond acceptors (Lipinski definition) is 1. The molecule has 1 nitrogen and oxygen atoms in total. The van der Waals surface area contributed by atoms with Crippen molar-refractivity contribution in [2.24, 2.45) is 11.7 Å². The summed E-state index contributed by atoms with van der Waals surface area (Å²) in [5, 5.41) is 0. The lowest BCUT2D eigenvalue weighted by molar-refractivity contribution is 0.587. The van der Waals surface area contributed by atoms with Crippen molar-refractivity contribution in [3.05, 3.63) is 35.3 Å². The van der Waals surface area contributed by atoms with Crippen LogP contribution in [0.15, 0.2) is 35.3 Å². The van der Waals surface area contributed by atoms with E-state index in [0.29, 0.717) is 5.70 Å². The molecule has 2 rings (SSSR count). The van der Waals surface area contributed by atoms with Gasteiger partial charge in [0.25, 0.3) is 0 Å². The van der Waals surface area contributed by atoms with Crippen molar-refractivity contribution in [2.75, 3.05) is 0 Å². The van der Waals surface area contributed by atoms with Gasteiger partial charge >= 0.3 is 0 Å². The first-order valence-electron chi connectivity index (χ1n) is 2.84. The first-order valence-corrected chi connectivity index (χ1v) is 2.84. The Morgan fingerprint density at radius 2 is 2.22 bits per heavy atom. The molecule has 0 saturated carbocycles. The molecule has 2 aliphatic carbocycles. The summed E-state index contributed by atoms with van der Waals surface area (Å²) < 4.78 is 12.5. The summed E-state index contributed by atoms with van der Waals surface area (Å²) in [6, 6.07) is 0. The molecule has 1 atom stereocenters. The van der Waals surface area contributed by atoms with Gasteiger partial charge < -0.3 is 5.73 Å². The van der Waals surface area contributed by atoms with Crippen molar-refractivity contribution in [3.63, 3.8) is 0 Å². The standard InChI is InChI=1S/C7H6FN/c8-6-1-2-7(9)5-3-4(5)6/h1-4H,9H2. The number of halogens is 1.